The van der Waals surface area contributed by atoms with Crippen molar-refractivity contribution in [3.8, 4) is 0 Å². The zero-order valence-corrected chi connectivity index (χ0v) is 14.3. The average molecular weight is 316 g/mol. The first-order valence-corrected chi connectivity index (χ1v) is 8.77. The number of nitrogens with zero attached hydrogens (tertiary/aromatic N) is 1. The number of carbonyl (C=O) groups is 1. The Balaban J connectivity index is 1.89. The fourth-order valence-corrected chi connectivity index (χ4v) is 3.92. The van der Waals surface area contributed by atoms with Gasteiger partial charge >= 0.3 is 0 Å². The number of ether oxygens (including phenoxy) is 1. The van der Waals surface area contributed by atoms with Crippen molar-refractivity contribution in [2.45, 2.75) is 44.1 Å². The lowest BCUT2D eigenvalue weighted by Gasteiger charge is -2.42. The average Bonchev–Trinajstić information content (AvgIpc) is 2.62. The summed E-state index contributed by atoms with van der Waals surface area (Å²) in [6.07, 6.45) is 3.81. The van der Waals surface area contributed by atoms with Gasteiger partial charge in [-0.15, -0.1) is 0 Å². The Labute approximate surface area is 139 Å². The van der Waals surface area contributed by atoms with Crippen molar-refractivity contribution < 1.29 is 9.53 Å². The molecule has 2 heterocycles. The Morgan fingerprint density at radius 1 is 1.26 bits per heavy atom. The third-order valence-electron chi connectivity index (χ3n) is 5.48. The smallest absolute Gasteiger partial charge is 0.233 e. The van der Waals surface area contributed by atoms with E-state index in [1.807, 2.05) is 7.05 Å². The van der Waals surface area contributed by atoms with Crippen molar-refractivity contribution in [3.63, 3.8) is 0 Å². The number of hydrogen-bond donors (Lipinski definition) is 1. The molecule has 1 amide bonds. The zero-order valence-electron chi connectivity index (χ0n) is 14.3. The number of nitrogens with one attached hydrogen (secondary N) is 1. The first kappa shape index (κ1) is 16.5. The molecule has 2 fully saturated rings. The molecule has 1 unspecified atom stereocenters. The van der Waals surface area contributed by atoms with Crippen molar-refractivity contribution in [1.29, 1.82) is 0 Å². The number of carbonyl (C=O) groups excluding carboxylic acids is 1. The fraction of sp³-hybridized carbons (Fsp3) is 0.632. The summed E-state index contributed by atoms with van der Waals surface area (Å²) in [6, 6.07) is 8.93. The van der Waals surface area contributed by atoms with Crippen molar-refractivity contribution in [2.75, 3.05) is 33.4 Å². The van der Waals surface area contributed by atoms with Gasteiger partial charge in [0.15, 0.2) is 0 Å². The van der Waals surface area contributed by atoms with Crippen LogP contribution in [0.3, 0.4) is 0 Å². The minimum absolute atomic E-state index is 0.296. The molecule has 2 saturated heterocycles. The summed E-state index contributed by atoms with van der Waals surface area (Å²) in [5.74, 6) is 0.296. The van der Waals surface area contributed by atoms with Gasteiger partial charge in [-0.1, -0.05) is 29.8 Å². The van der Waals surface area contributed by atoms with Crippen molar-refractivity contribution >= 4 is 5.91 Å². The summed E-state index contributed by atoms with van der Waals surface area (Å²) < 4.78 is 5.57. The molecule has 0 spiro atoms. The molecule has 2 aliphatic rings. The standard InChI is InChI=1S/C19H28N2O2/c1-15-5-7-16(8-6-15)19(9-12-23-13-10-19)18(22)21-11-3-4-17(14-21)20-2/h5-8,17,20H,3-4,9-14H2,1-2H3. The summed E-state index contributed by atoms with van der Waals surface area (Å²) in [5, 5.41) is 3.33. The minimum Gasteiger partial charge on any atom is -0.381 e. The number of aryl methyl sites for hydroxylation is 1. The molecular formula is C19H28N2O2. The lowest BCUT2D eigenvalue weighted by molar-refractivity contribution is -0.142. The van der Waals surface area contributed by atoms with Gasteiger partial charge in [0.25, 0.3) is 0 Å². The van der Waals surface area contributed by atoms with Crippen LogP contribution in [0.4, 0.5) is 0 Å². The minimum atomic E-state index is -0.401. The fourth-order valence-electron chi connectivity index (χ4n) is 3.92. The maximum Gasteiger partial charge on any atom is 0.233 e. The quantitative estimate of drug-likeness (QED) is 0.930. The number of hydrogen-bond acceptors (Lipinski definition) is 3. The third-order valence-corrected chi connectivity index (χ3v) is 5.48. The maximum atomic E-state index is 13.5. The lowest BCUT2D eigenvalue weighted by atomic mass is 9.72. The monoisotopic (exact) mass is 316 g/mol. The van der Waals surface area contributed by atoms with E-state index in [-0.39, 0.29) is 0 Å². The highest BCUT2D eigenvalue weighted by Gasteiger charge is 2.44. The number of benzene rings is 1. The van der Waals surface area contributed by atoms with Crippen LogP contribution in [0.1, 0.15) is 36.8 Å². The molecule has 0 radical (unpaired) electrons. The van der Waals surface area contributed by atoms with Gasteiger partial charge in [0.05, 0.1) is 5.41 Å². The van der Waals surface area contributed by atoms with Crippen molar-refractivity contribution in [1.82, 2.24) is 10.2 Å². The highest BCUT2D eigenvalue weighted by atomic mass is 16.5. The van der Waals surface area contributed by atoms with Gasteiger partial charge in [-0.3, -0.25) is 4.79 Å². The summed E-state index contributed by atoms with van der Waals surface area (Å²) >= 11 is 0. The van der Waals surface area contributed by atoms with E-state index < -0.39 is 5.41 Å². The third kappa shape index (κ3) is 3.29. The predicted molar refractivity (Wildman–Crippen MR) is 91.6 cm³/mol. The molecule has 0 aromatic heterocycles. The van der Waals surface area contributed by atoms with Crippen molar-refractivity contribution in [2.24, 2.45) is 0 Å². The molecule has 1 atom stereocenters. The number of likely N-dealkylation sites (N-methyl/N-ethyl adjacent to an activating group) is 1. The van der Waals surface area contributed by atoms with Gasteiger partial charge in [-0.2, -0.15) is 0 Å². The van der Waals surface area contributed by atoms with Crippen LogP contribution < -0.4 is 5.32 Å². The summed E-state index contributed by atoms with van der Waals surface area (Å²) in [6.45, 7) is 5.13. The Kier molecular flexibility index (Phi) is 5.02. The molecule has 2 aliphatic heterocycles. The molecule has 0 bridgehead atoms. The van der Waals surface area contributed by atoms with E-state index in [4.69, 9.17) is 4.74 Å². The lowest BCUT2D eigenvalue weighted by Crippen LogP contribution is -2.55. The topological polar surface area (TPSA) is 41.6 Å². The summed E-state index contributed by atoms with van der Waals surface area (Å²) in [5.41, 5.74) is 1.99. The maximum absolute atomic E-state index is 13.5. The van der Waals surface area contributed by atoms with E-state index in [9.17, 15) is 4.79 Å². The molecule has 0 aliphatic carbocycles. The molecule has 1 aromatic rings. The van der Waals surface area contributed by atoms with Crippen LogP contribution in [-0.2, 0) is 14.9 Å². The zero-order chi connectivity index (χ0) is 16.3. The van der Waals surface area contributed by atoms with E-state index in [1.165, 1.54) is 5.56 Å². The molecule has 23 heavy (non-hydrogen) atoms. The highest BCUT2D eigenvalue weighted by molar-refractivity contribution is 5.88. The van der Waals surface area contributed by atoms with Gasteiger partial charge in [0.1, 0.15) is 0 Å². The second-order valence-corrected chi connectivity index (χ2v) is 6.94. The van der Waals surface area contributed by atoms with Crippen molar-refractivity contribution in [3.05, 3.63) is 35.4 Å². The van der Waals surface area contributed by atoms with E-state index in [0.717, 1.165) is 44.3 Å². The highest BCUT2D eigenvalue weighted by Crippen LogP contribution is 2.37. The first-order chi connectivity index (χ1) is 11.2. The van der Waals surface area contributed by atoms with E-state index in [0.29, 0.717) is 25.2 Å². The molecule has 4 nitrogen and oxygen atoms in total. The second-order valence-electron chi connectivity index (χ2n) is 6.94. The normalized spacial score (nSPS) is 24.4. The van der Waals surface area contributed by atoms with Gasteiger partial charge < -0.3 is 15.0 Å². The Bertz CT molecular complexity index is 535. The first-order valence-electron chi connectivity index (χ1n) is 8.77. The van der Waals surface area contributed by atoms with Gasteiger partial charge in [0.2, 0.25) is 5.91 Å². The van der Waals surface area contributed by atoms with Crippen LogP contribution in [0.15, 0.2) is 24.3 Å². The Morgan fingerprint density at radius 3 is 2.61 bits per heavy atom. The van der Waals surface area contributed by atoms with Crippen LogP contribution >= 0.6 is 0 Å². The molecule has 1 N–H and O–H groups in total. The Morgan fingerprint density at radius 2 is 1.96 bits per heavy atom. The predicted octanol–water partition coefficient (Wildman–Crippen LogP) is 2.25. The molecule has 3 rings (SSSR count). The van der Waals surface area contributed by atoms with Crippen LogP contribution in [0.25, 0.3) is 0 Å². The van der Waals surface area contributed by atoms with Gasteiger partial charge in [-0.05, 0) is 45.2 Å². The summed E-state index contributed by atoms with van der Waals surface area (Å²) in [4.78, 5) is 15.5. The second kappa shape index (κ2) is 7.02. The van der Waals surface area contributed by atoms with E-state index in [2.05, 4.69) is 41.4 Å². The molecular weight excluding hydrogens is 288 g/mol. The van der Waals surface area contributed by atoms with Crippen LogP contribution in [0.5, 0.6) is 0 Å². The van der Waals surface area contributed by atoms with Crippen LogP contribution in [-0.4, -0.2) is 50.2 Å². The van der Waals surface area contributed by atoms with Crippen LogP contribution in [0, 0.1) is 6.92 Å². The molecule has 126 valence electrons. The molecule has 0 saturated carbocycles. The molecule has 1 aromatic carbocycles. The largest absolute Gasteiger partial charge is 0.381 e. The van der Waals surface area contributed by atoms with E-state index >= 15 is 0 Å². The van der Waals surface area contributed by atoms with Gasteiger partial charge in [0, 0.05) is 32.3 Å². The van der Waals surface area contributed by atoms with Gasteiger partial charge in [-0.25, -0.2) is 0 Å². The SMILES string of the molecule is CNC1CCCN(C(=O)C2(c3ccc(C)cc3)CCOCC2)C1. The number of rotatable bonds is 3. The molecule has 4 heteroatoms. The van der Waals surface area contributed by atoms with Crippen LogP contribution in [0.2, 0.25) is 0 Å². The number of amides is 1. The number of likely N-dealkylation sites (tertiary alicyclic amines) is 1. The van der Waals surface area contributed by atoms with E-state index in [1.54, 1.807) is 0 Å². The summed E-state index contributed by atoms with van der Waals surface area (Å²) in [7, 11) is 1.99. The Hall–Kier alpha value is -1.39. The number of piperidine rings is 1.